The van der Waals surface area contributed by atoms with Crippen LogP contribution in [0.3, 0.4) is 0 Å². The number of carbonyl (C=O) groups is 1. The fourth-order valence-corrected chi connectivity index (χ4v) is 6.32. The van der Waals surface area contributed by atoms with Gasteiger partial charge in [-0.05, 0) is 56.1 Å². The normalized spacial score (nSPS) is 33.5. The van der Waals surface area contributed by atoms with Gasteiger partial charge in [0.1, 0.15) is 11.3 Å². The second-order valence-corrected chi connectivity index (χ2v) is 9.16. The zero-order valence-electron chi connectivity index (χ0n) is 15.5. The van der Waals surface area contributed by atoms with Gasteiger partial charge in [0.05, 0.1) is 11.6 Å². The predicted octanol–water partition coefficient (Wildman–Crippen LogP) is 3.14. The van der Waals surface area contributed by atoms with Crippen LogP contribution in [0.2, 0.25) is 0 Å². The molecule has 4 nitrogen and oxygen atoms in total. The number of furan rings is 1. The minimum Gasteiger partial charge on any atom is -0.459 e. The van der Waals surface area contributed by atoms with Gasteiger partial charge in [0.25, 0.3) is 5.91 Å². The number of hydrogen-bond acceptors (Lipinski definition) is 2. The number of amides is 1. The van der Waals surface area contributed by atoms with E-state index < -0.39 is 0 Å². The molecular weight excluding hydrogens is 324 g/mol. The van der Waals surface area contributed by atoms with Gasteiger partial charge in [-0.25, -0.2) is 0 Å². The zero-order chi connectivity index (χ0) is 17.7. The first-order chi connectivity index (χ1) is 12.6. The summed E-state index contributed by atoms with van der Waals surface area (Å²) in [5.74, 6) is 3.73. The molecule has 4 aliphatic carbocycles. The Kier molecular flexibility index (Phi) is 3.85. The molecule has 0 saturated heterocycles. The van der Waals surface area contributed by atoms with E-state index in [0.717, 1.165) is 34.5 Å². The second-order valence-electron chi connectivity index (χ2n) is 9.16. The molecule has 0 radical (unpaired) electrons. The van der Waals surface area contributed by atoms with Crippen molar-refractivity contribution in [2.24, 2.45) is 17.8 Å². The zero-order valence-corrected chi connectivity index (χ0v) is 15.5. The summed E-state index contributed by atoms with van der Waals surface area (Å²) in [6, 6.07) is 9.92. The van der Waals surface area contributed by atoms with Crippen molar-refractivity contribution in [3.8, 4) is 0 Å². The maximum atomic E-state index is 12.6. The van der Waals surface area contributed by atoms with Crippen LogP contribution >= 0.6 is 0 Å². The molecule has 1 aromatic heterocycles. The lowest BCUT2D eigenvalue weighted by Crippen LogP contribution is -3.00. The van der Waals surface area contributed by atoms with E-state index >= 15 is 0 Å². The van der Waals surface area contributed by atoms with Gasteiger partial charge < -0.3 is 15.1 Å². The van der Waals surface area contributed by atoms with Crippen LogP contribution < -0.4 is 10.6 Å². The van der Waals surface area contributed by atoms with E-state index in [2.05, 4.69) is 10.6 Å². The number of quaternary nitrogens is 1. The molecule has 0 unspecified atom stereocenters. The molecule has 1 aromatic carbocycles. The summed E-state index contributed by atoms with van der Waals surface area (Å²) in [6.45, 7) is 2.54. The molecule has 4 saturated carbocycles. The van der Waals surface area contributed by atoms with Gasteiger partial charge in [-0.1, -0.05) is 18.2 Å². The van der Waals surface area contributed by atoms with Gasteiger partial charge in [-0.15, -0.1) is 0 Å². The number of hydrogen-bond donors (Lipinski definition) is 2. The molecule has 4 aliphatic rings. The molecule has 1 atom stereocenters. The third kappa shape index (κ3) is 2.94. The third-order valence-corrected chi connectivity index (χ3v) is 7.05. The first kappa shape index (κ1) is 16.4. The van der Waals surface area contributed by atoms with Crippen LogP contribution in [0, 0.1) is 17.8 Å². The molecule has 1 amide bonds. The lowest BCUT2D eigenvalue weighted by molar-refractivity contribution is -0.730. The minimum atomic E-state index is -0.0975. The maximum absolute atomic E-state index is 12.6. The monoisotopic (exact) mass is 353 g/mol. The van der Waals surface area contributed by atoms with Crippen molar-refractivity contribution in [3.05, 3.63) is 36.1 Å². The SMILES string of the molecule is C[C@H](NC(=O)C[NH2+]C12CC3CC(CC(C3)C1)C2)c1cc2ccccc2o1. The molecule has 2 aromatic rings. The molecular formula is C22H29N2O2+. The summed E-state index contributed by atoms with van der Waals surface area (Å²) in [4.78, 5) is 12.6. The number of benzene rings is 1. The Labute approximate surface area is 154 Å². The predicted molar refractivity (Wildman–Crippen MR) is 100 cm³/mol. The highest BCUT2D eigenvalue weighted by Gasteiger charge is 2.53. The second kappa shape index (κ2) is 6.12. The summed E-state index contributed by atoms with van der Waals surface area (Å²) < 4.78 is 5.88. The van der Waals surface area contributed by atoms with Gasteiger partial charge in [0, 0.05) is 24.6 Å². The summed E-state index contributed by atoms with van der Waals surface area (Å²) in [6.07, 6.45) is 8.31. The van der Waals surface area contributed by atoms with Crippen molar-refractivity contribution >= 4 is 16.9 Å². The van der Waals surface area contributed by atoms with Crippen LogP contribution in [0.5, 0.6) is 0 Å². The fraction of sp³-hybridized carbons (Fsp3) is 0.591. The first-order valence-electron chi connectivity index (χ1n) is 10.2. The largest absolute Gasteiger partial charge is 0.459 e. The van der Waals surface area contributed by atoms with Gasteiger partial charge in [-0.2, -0.15) is 0 Å². The van der Waals surface area contributed by atoms with E-state index in [4.69, 9.17) is 4.42 Å². The Hall–Kier alpha value is -1.81. The Morgan fingerprint density at radius 2 is 1.85 bits per heavy atom. The van der Waals surface area contributed by atoms with E-state index in [0.29, 0.717) is 12.1 Å². The highest BCUT2D eigenvalue weighted by Crippen LogP contribution is 2.54. The molecule has 4 bridgehead atoms. The van der Waals surface area contributed by atoms with Crippen LogP contribution in [0.4, 0.5) is 0 Å². The summed E-state index contributed by atoms with van der Waals surface area (Å²) in [7, 11) is 0. The number of nitrogens with two attached hydrogens (primary N) is 1. The first-order valence-corrected chi connectivity index (χ1v) is 10.2. The number of nitrogens with one attached hydrogen (secondary N) is 1. The Morgan fingerprint density at radius 3 is 2.50 bits per heavy atom. The molecule has 4 fully saturated rings. The molecule has 4 heteroatoms. The molecule has 0 spiro atoms. The average molecular weight is 353 g/mol. The van der Waals surface area contributed by atoms with Gasteiger partial charge in [-0.3, -0.25) is 4.79 Å². The van der Waals surface area contributed by atoms with Crippen molar-refractivity contribution in [2.45, 2.75) is 57.0 Å². The summed E-state index contributed by atoms with van der Waals surface area (Å²) in [5, 5.41) is 6.59. The minimum absolute atomic E-state index is 0.0975. The lowest BCUT2D eigenvalue weighted by atomic mass is 9.53. The van der Waals surface area contributed by atoms with Crippen LogP contribution in [0.15, 0.2) is 34.7 Å². The number of para-hydroxylation sites is 1. The van der Waals surface area contributed by atoms with E-state index in [-0.39, 0.29) is 11.9 Å². The maximum Gasteiger partial charge on any atom is 0.275 e. The summed E-state index contributed by atoms with van der Waals surface area (Å²) in [5.41, 5.74) is 1.23. The van der Waals surface area contributed by atoms with Crippen LogP contribution in [-0.4, -0.2) is 18.0 Å². The Morgan fingerprint density at radius 1 is 1.19 bits per heavy atom. The standard InChI is InChI=1S/C22H28N2O2/c1-14(20-9-18-4-2-3-5-19(18)26-20)24-21(25)13-23-22-10-15-6-16(11-22)8-17(7-15)12-22/h2-5,9,14-17,23H,6-8,10-13H2,1H3,(H,24,25)/p+1/t14-,15?,16?,17?,22?/m0/s1. The molecule has 26 heavy (non-hydrogen) atoms. The third-order valence-electron chi connectivity index (χ3n) is 7.05. The molecule has 6 rings (SSSR count). The van der Waals surface area contributed by atoms with Crippen molar-refractivity contribution in [1.82, 2.24) is 5.32 Å². The van der Waals surface area contributed by atoms with Crippen molar-refractivity contribution in [2.75, 3.05) is 6.54 Å². The number of fused-ring (bicyclic) bond motifs is 1. The molecule has 1 heterocycles. The lowest BCUT2D eigenvalue weighted by Gasteiger charge is -2.54. The number of rotatable bonds is 5. The molecule has 3 N–H and O–H groups in total. The van der Waals surface area contributed by atoms with E-state index in [1.165, 1.54) is 38.5 Å². The van der Waals surface area contributed by atoms with Gasteiger partial charge in [0.15, 0.2) is 6.54 Å². The van der Waals surface area contributed by atoms with E-state index in [1.807, 2.05) is 37.3 Å². The van der Waals surface area contributed by atoms with Crippen LogP contribution in [0.1, 0.15) is 57.3 Å². The van der Waals surface area contributed by atoms with Crippen molar-refractivity contribution in [3.63, 3.8) is 0 Å². The van der Waals surface area contributed by atoms with Gasteiger partial charge in [0.2, 0.25) is 0 Å². The highest BCUT2D eigenvalue weighted by molar-refractivity contribution is 5.79. The number of carbonyl (C=O) groups excluding carboxylic acids is 1. The van der Waals surface area contributed by atoms with Crippen LogP contribution in [-0.2, 0) is 4.79 Å². The van der Waals surface area contributed by atoms with E-state index in [9.17, 15) is 4.79 Å². The Balaban J connectivity index is 1.20. The van der Waals surface area contributed by atoms with Crippen LogP contribution in [0.25, 0.3) is 11.0 Å². The molecule has 138 valence electrons. The van der Waals surface area contributed by atoms with Gasteiger partial charge >= 0.3 is 0 Å². The quantitative estimate of drug-likeness (QED) is 0.867. The fourth-order valence-electron chi connectivity index (χ4n) is 6.32. The average Bonchev–Trinajstić information content (AvgIpc) is 3.03. The topological polar surface area (TPSA) is 58.9 Å². The summed E-state index contributed by atoms with van der Waals surface area (Å²) >= 11 is 0. The van der Waals surface area contributed by atoms with Crippen molar-refractivity contribution < 1.29 is 14.5 Å². The molecule has 0 aliphatic heterocycles. The Bertz CT molecular complexity index is 756. The van der Waals surface area contributed by atoms with E-state index in [1.54, 1.807) is 0 Å². The highest BCUT2D eigenvalue weighted by atomic mass is 16.3. The van der Waals surface area contributed by atoms with Crippen molar-refractivity contribution in [1.29, 1.82) is 0 Å². The smallest absolute Gasteiger partial charge is 0.275 e.